The number of nitrogens with zero attached hydrogens (tertiary/aromatic N) is 1. The number of hydrogen-bond acceptors (Lipinski definition) is 3. The normalized spacial score (nSPS) is 25.7. The molecule has 2 rings (SSSR count). The van der Waals surface area contributed by atoms with E-state index in [-0.39, 0.29) is 0 Å². The third kappa shape index (κ3) is 3.80. The minimum atomic E-state index is 0.444. The highest BCUT2D eigenvalue weighted by atomic mass is 32.1. The second kappa shape index (κ2) is 6.87. The predicted octanol–water partition coefficient (Wildman–Crippen LogP) is 4.10. The zero-order chi connectivity index (χ0) is 13.8. The number of thiophene rings is 1. The van der Waals surface area contributed by atoms with Crippen molar-refractivity contribution < 1.29 is 0 Å². The number of hydrogen-bond donors (Lipinski definition) is 1. The van der Waals surface area contributed by atoms with Crippen molar-refractivity contribution in [3.63, 3.8) is 0 Å². The van der Waals surface area contributed by atoms with Crippen LogP contribution in [0.1, 0.15) is 61.7 Å². The van der Waals surface area contributed by atoms with Crippen molar-refractivity contribution in [1.82, 2.24) is 4.90 Å². The molecule has 1 aromatic rings. The molecule has 0 bridgehead atoms. The third-order valence-electron chi connectivity index (χ3n) is 4.36. The summed E-state index contributed by atoms with van der Waals surface area (Å²) in [6, 6.07) is 6.29. The van der Waals surface area contributed by atoms with Gasteiger partial charge >= 0.3 is 0 Å². The first-order valence-electron chi connectivity index (χ1n) is 7.69. The fraction of sp³-hybridized carbons (Fsp3) is 0.750. The van der Waals surface area contributed by atoms with Gasteiger partial charge in [0.2, 0.25) is 0 Å². The molecule has 0 radical (unpaired) electrons. The molecular weight excluding hydrogens is 252 g/mol. The van der Waals surface area contributed by atoms with Gasteiger partial charge in [0.15, 0.2) is 0 Å². The molecule has 1 unspecified atom stereocenters. The fourth-order valence-electron chi connectivity index (χ4n) is 3.23. The molecule has 2 nitrogen and oxygen atoms in total. The van der Waals surface area contributed by atoms with Gasteiger partial charge in [-0.25, -0.2) is 0 Å². The Morgan fingerprint density at radius 2 is 2.00 bits per heavy atom. The Labute approximate surface area is 122 Å². The monoisotopic (exact) mass is 280 g/mol. The van der Waals surface area contributed by atoms with Gasteiger partial charge in [-0.3, -0.25) is 4.90 Å². The van der Waals surface area contributed by atoms with Gasteiger partial charge in [-0.1, -0.05) is 6.92 Å². The predicted molar refractivity (Wildman–Crippen MR) is 84.7 cm³/mol. The average molecular weight is 280 g/mol. The summed E-state index contributed by atoms with van der Waals surface area (Å²) >= 11 is 1.95. The quantitative estimate of drug-likeness (QED) is 0.880. The molecule has 2 N–H and O–H groups in total. The summed E-state index contributed by atoms with van der Waals surface area (Å²) in [5.41, 5.74) is 6.05. The minimum Gasteiger partial charge on any atom is -0.328 e. The highest BCUT2D eigenvalue weighted by Gasteiger charge is 2.28. The smallest absolute Gasteiger partial charge is 0.0416 e. The van der Waals surface area contributed by atoms with Crippen LogP contribution >= 0.6 is 11.3 Å². The van der Waals surface area contributed by atoms with Crippen molar-refractivity contribution in [1.29, 1.82) is 0 Å². The van der Waals surface area contributed by atoms with Crippen LogP contribution in [0, 0.1) is 6.92 Å². The second-order valence-corrected chi connectivity index (χ2v) is 7.25. The Balaban J connectivity index is 2.06. The summed E-state index contributed by atoms with van der Waals surface area (Å²) in [4.78, 5) is 5.65. The summed E-state index contributed by atoms with van der Waals surface area (Å²) in [7, 11) is 0. The maximum absolute atomic E-state index is 6.05. The number of nitrogens with two attached hydrogens (primary N) is 1. The van der Waals surface area contributed by atoms with E-state index in [1.54, 1.807) is 0 Å². The van der Waals surface area contributed by atoms with Gasteiger partial charge in [-0.05, 0) is 64.6 Å². The van der Waals surface area contributed by atoms with Gasteiger partial charge in [0.25, 0.3) is 0 Å². The molecule has 1 heterocycles. The highest BCUT2D eigenvalue weighted by Crippen LogP contribution is 2.33. The largest absolute Gasteiger partial charge is 0.328 e. The third-order valence-corrected chi connectivity index (χ3v) is 5.53. The van der Waals surface area contributed by atoms with Crippen molar-refractivity contribution in [2.45, 2.75) is 71.0 Å². The van der Waals surface area contributed by atoms with Crippen molar-refractivity contribution in [2.24, 2.45) is 5.73 Å². The standard InChI is InChI=1S/C16H28N2S/c1-4-11-18(15-8-6-14(17)7-9-15)13(3)16-10-5-12(2)19-16/h5,10,13-15H,4,6-9,11,17H2,1-3H3. The van der Waals surface area contributed by atoms with Crippen LogP contribution in [-0.4, -0.2) is 23.5 Å². The van der Waals surface area contributed by atoms with Gasteiger partial charge in [-0.15, -0.1) is 11.3 Å². The maximum Gasteiger partial charge on any atom is 0.0416 e. The summed E-state index contributed by atoms with van der Waals surface area (Å²) in [5.74, 6) is 0. The van der Waals surface area contributed by atoms with E-state index in [1.807, 2.05) is 11.3 Å². The second-order valence-electron chi connectivity index (χ2n) is 5.93. The molecule has 19 heavy (non-hydrogen) atoms. The van der Waals surface area contributed by atoms with E-state index >= 15 is 0 Å². The minimum absolute atomic E-state index is 0.444. The number of aryl methyl sites for hydroxylation is 1. The van der Waals surface area contributed by atoms with Crippen LogP contribution in [0.2, 0.25) is 0 Å². The summed E-state index contributed by atoms with van der Waals surface area (Å²) in [5, 5.41) is 0. The van der Waals surface area contributed by atoms with Crippen LogP contribution in [0.4, 0.5) is 0 Å². The molecule has 0 spiro atoms. The first kappa shape index (κ1) is 15.0. The molecule has 0 aliphatic heterocycles. The van der Waals surface area contributed by atoms with Crippen LogP contribution < -0.4 is 5.73 Å². The molecule has 0 aromatic carbocycles. The molecule has 1 atom stereocenters. The van der Waals surface area contributed by atoms with E-state index in [4.69, 9.17) is 5.73 Å². The molecule has 1 fully saturated rings. The zero-order valence-corrected chi connectivity index (χ0v) is 13.4. The molecule has 0 amide bonds. The lowest BCUT2D eigenvalue weighted by molar-refractivity contribution is 0.109. The lowest BCUT2D eigenvalue weighted by Crippen LogP contribution is -2.42. The van der Waals surface area contributed by atoms with E-state index in [0.717, 1.165) is 6.04 Å². The molecular formula is C16H28N2S. The van der Waals surface area contributed by atoms with Crippen LogP contribution in [0.3, 0.4) is 0 Å². The molecule has 3 heteroatoms. The van der Waals surface area contributed by atoms with E-state index in [0.29, 0.717) is 12.1 Å². The summed E-state index contributed by atoms with van der Waals surface area (Å²) in [6.07, 6.45) is 6.17. The number of rotatable bonds is 5. The lowest BCUT2D eigenvalue weighted by Gasteiger charge is -2.39. The van der Waals surface area contributed by atoms with E-state index in [9.17, 15) is 0 Å². The van der Waals surface area contributed by atoms with Gasteiger partial charge in [0, 0.05) is 27.9 Å². The topological polar surface area (TPSA) is 29.3 Å². The Bertz CT molecular complexity index is 380. The van der Waals surface area contributed by atoms with Gasteiger partial charge < -0.3 is 5.73 Å². The first-order chi connectivity index (χ1) is 9.11. The summed E-state index contributed by atoms with van der Waals surface area (Å²) in [6.45, 7) is 8.06. The van der Waals surface area contributed by atoms with Gasteiger partial charge in [0.1, 0.15) is 0 Å². The molecule has 1 saturated carbocycles. The Hall–Kier alpha value is -0.380. The van der Waals surface area contributed by atoms with Gasteiger partial charge in [0.05, 0.1) is 0 Å². The summed E-state index contributed by atoms with van der Waals surface area (Å²) < 4.78 is 0. The van der Waals surface area contributed by atoms with E-state index < -0.39 is 0 Å². The fourth-order valence-corrected chi connectivity index (χ4v) is 4.18. The Morgan fingerprint density at radius 1 is 1.32 bits per heavy atom. The SMILES string of the molecule is CCCN(C1CCC(N)CC1)C(C)c1ccc(C)s1. The van der Waals surface area contributed by atoms with Crippen molar-refractivity contribution in [3.05, 3.63) is 21.9 Å². The van der Waals surface area contributed by atoms with Crippen LogP contribution in [-0.2, 0) is 0 Å². The van der Waals surface area contributed by atoms with Crippen molar-refractivity contribution in [2.75, 3.05) is 6.54 Å². The average Bonchev–Trinajstić information content (AvgIpc) is 2.83. The molecule has 0 saturated heterocycles. The Morgan fingerprint density at radius 3 is 2.53 bits per heavy atom. The molecule has 1 aliphatic rings. The first-order valence-corrected chi connectivity index (χ1v) is 8.51. The molecule has 1 aliphatic carbocycles. The van der Waals surface area contributed by atoms with Crippen molar-refractivity contribution in [3.8, 4) is 0 Å². The van der Waals surface area contributed by atoms with Crippen LogP contribution in [0.25, 0.3) is 0 Å². The van der Waals surface area contributed by atoms with Gasteiger partial charge in [-0.2, -0.15) is 0 Å². The maximum atomic E-state index is 6.05. The Kier molecular flexibility index (Phi) is 5.43. The van der Waals surface area contributed by atoms with Crippen LogP contribution in [0.5, 0.6) is 0 Å². The van der Waals surface area contributed by atoms with Crippen molar-refractivity contribution >= 4 is 11.3 Å². The zero-order valence-electron chi connectivity index (χ0n) is 12.6. The van der Waals surface area contributed by atoms with E-state index in [2.05, 4.69) is 37.8 Å². The van der Waals surface area contributed by atoms with E-state index in [1.165, 1.54) is 48.4 Å². The molecule has 1 aromatic heterocycles. The van der Waals surface area contributed by atoms with Crippen LogP contribution in [0.15, 0.2) is 12.1 Å². The highest BCUT2D eigenvalue weighted by molar-refractivity contribution is 7.12. The lowest BCUT2D eigenvalue weighted by atomic mass is 9.90. The molecule has 108 valence electrons.